The Kier molecular flexibility index (Phi) is 3.90. The van der Waals surface area contributed by atoms with Gasteiger partial charge in [0.1, 0.15) is 10.4 Å². The molecule has 0 spiro atoms. The third-order valence-electron chi connectivity index (χ3n) is 2.98. The summed E-state index contributed by atoms with van der Waals surface area (Å²) in [5.41, 5.74) is -0.118. The van der Waals surface area contributed by atoms with E-state index in [0.29, 0.717) is 20.8 Å². The topological polar surface area (TPSA) is 78.2 Å². The number of aromatic nitrogens is 2. The number of hydrogen-bond donors (Lipinski definition) is 0. The van der Waals surface area contributed by atoms with Crippen molar-refractivity contribution in [3.8, 4) is 11.6 Å². The molecule has 8 heteroatoms. The smallest absolute Gasteiger partial charge is 0.312 e. The zero-order valence-electron chi connectivity index (χ0n) is 10.6. The Morgan fingerprint density at radius 2 is 2.05 bits per heavy atom. The summed E-state index contributed by atoms with van der Waals surface area (Å²) in [4.78, 5) is 19.2. The van der Waals surface area contributed by atoms with E-state index in [-0.39, 0.29) is 17.3 Å². The van der Waals surface area contributed by atoms with Crippen LogP contribution in [0.5, 0.6) is 11.6 Å². The zero-order chi connectivity index (χ0) is 15.0. The summed E-state index contributed by atoms with van der Waals surface area (Å²) in [6, 6.07) is 6.24. The minimum absolute atomic E-state index is 0.118. The van der Waals surface area contributed by atoms with Crippen LogP contribution in [0.1, 0.15) is 24.6 Å². The predicted octanol–water partition coefficient (Wildman–Crippen LogP) is 4.58. The van der Waals surface area contributed by atoms with E-state index < -0.39 is 4.92 Å². The Bertz CT molecular complexity index is 720. The van der Waals surface area contributed by atoms with E-state index in [1.165, 1.54) is 6.07 Å². The van der Waals surface area contributed by atoms with Crippen LogP contribution in [0.2, 0.25) is 0 Å². The van der Waals surface area contributed by atoms with Gasteiger partial charge >= 0.3 is 5.69 Å². The van der Waals surface area contributed by atoms with Gasteiger partial charge in [0, 0.05) is 18.1 Å². The van der Waals surface area contributed by atoms with E-state index >= 15 is 0 Å². The molecule has 1 saturated carbocycles. The molecule has 0 unspecified atom stereocenters. The largest absolute Gasteiger partial charge is 0.430 e. The summed E-state index contributed by atoms with van der Waals surface area (Å²) >= 11 is 6.58. The van der Waals surface area contributed by atoms with Crippen molar-refractivity contribution in [2.75, 3.05) is 0 Å². The number of para-hydroxylation sites is 1. The standard InChI is InChI=1S/C13H9Br2N3O3/c14-8-2-1-3-9(18(19)20)12(8)21-11-6-10(15)16-13(17-11)7-4-5-7/h1-3,6-7H,4-5H2. The highest BCUT2D eigenvalue weighted by Gasteiger charge is 2.28. The average Bonchev–Trinajstić information content (AvgIpc) is 3.24. The molecule has 108 valence electrons. The van der Waals surface area contributed by atoms with Gasteiger partial charge in [0.25, 0.3) is 0 Å². The number of nitrogens with zero attached hydrogens (tertiary/aromatic N) is 3. The monoisotopic (exact) mass is 413 g/mol. The molecule has 6 nitrogen and oxygen atoms in total. The first kappa shape index (κ1) is 14.4. The molecule has 0 N–H and O–H groups in total. The van der Waals surface area contributed by atoms with Crippen LogP contribution >= 0.6 is 31.9 Å². The number of ether oxygens (including phenoxy) is 1. The highest BCUT2D eigenvalue weighted by Crippen LogP contribution is 2.41. The first-order valence-electron chi connectivity index (χ1n) is 6.20. The SMILES string of the molecule is O=[N+]([O-])c1cccc(Br)c1Oc1cc(Br)nc(C2CC2)n1. The van der Waals surface area contributed by atoms with E-state index in [4.69, 9.17) is 4.74 Å². The number of nitro benzene ring substituents is 1. The first-order valence-corrected chi connectivity index (χ1v) is 7.78. The molecule has 1 aromatic carbocycles. The Labute approximate surface area is 137 Å². The molecule has 1 aliphatic carbocycles. The van der Waals surface area contributed by atoms with Crippen LogP contribution in [-0.2, 0) is 0 Å². The van der Waals surface area contributed by atoms with Crippen molar-refractivity contribution in [3.63, 3.8) is 0 Å². The Hall–Kier alpha value is -1.54. The van der Waals surface area contributed by atoms with Crippen molar-refractivity contribution in [3.05, 3.63) is 49.3 Å². The molecule has 0 radical (unpaired) electrons. The molecule has 3 rings (SSSR count). The van der Waals surface area contributed by atoms with Gasteiger partial charge < -0.3 is 4.74 Å². The number of hydrogen-bond acceptors (Lipinski definition) is 5. The molecular formula is C13H9Br2N3O3. The lowest BCUT2D eigenvalue weighted by atomic mass is 10.3. The average molecular weight is 415 g/mol. The van der Waals surface area contributed by atoms with Crippen molar-refractivity contribution < 1.29 is 9.66 Å². The van der Waals surface area contributed by atoms with Gasteiger partial charge in [-0.3, -0.25) is 10.1 Å². The lowest BCUT2D eigenvalue weighted by molar-refractivity contribution is -0.385. The summed E-state index contributed by atoms with van der Waals surface area (Å²) in [5, 5.41) is 11.1. The lowest BCUT2D eigenvalue weighted by Gasteiger charge is -2.08. The minimum Gasteiger partial charge on any atom is -0.430 e. The predicted molar refractivity (Wildman–Crippen MR) is 82.6 cm³/mol. The van der Waals surface area contributed by atoms with Gasteiger partial charge in [-0.05, 0) is 50.8 Å². The van der Waals surface area contributed by atoms with Gasteiger partial charge in [-0.2, -0.15) is 4.98 Å². The number of halogens is 2. The maximum absolute atomic E-state index is 11.1. The van der Waals surface area contributed by atoms with Crippen molar-refractivity contribution in [1.82, 2.24) is 9.97 Å². The summed E-state index contributed by atoms with van der Waals surface area (Å²) in [7, 11) is 0. The Morgan fingerprint density at radius 1 is 1.29 bits per heavy atom. The zero-order valence-corrected chi connectivity index (χ0v) is 13.8. The van der Waals surface area contributed by atoms with Crippen LogP contribution in [0.4, 0.5) is 5.69 Å². The van der Waals surface area contributed by atoms with Crippen molar-refractivity contribution >= 4 is 37.5 Å². The van der Waals surface area contributed by atoms with Gasteiger partial charge in [0.2, 0.25) is 11.6 Å². The number of rotatable bonds is 4. The fourth-order valence-corrected chi connectivity index (χ4v) is 2.65. The van der Waals surface area contributed by atoms with Crippen LogP contribution in [0.25, 0.3) is 0 Å². The highest BCUT2D eigenvalue weighted by atomic mass is 79.9. The lowest BCUT2D eigenvalue weighted by Crippen LogP contribution is -1.99. The molecule has 0 aliphatic heterocycles. The third kappa shape index (κ3) is 3.21. The molecule has 1 fully saturated rings. The van der Waals surface area contributed by atoms with Crippen LogP contribution in [0.3, 0.4) is 0 Å². The summed E-state index contributed by atoms with van der Waals surface area (Å²) in [5.74, 6) is 1.48. The quantitative estimate of drug-likeness (QED) is 0.415. The van der Waals surface area contributed by atoms with Gasteiger partial charge in [-0.15, -0.1) is 0 Å². The van der Waals surface area contributed by atoms with E-state index in [1.807, 2.05) is 0 Å². The van der Waals surface area contributed by atoms with Crippen molar-refractivity contribution in [2.24, 2.45) is 0 Å². The van der Waals surface area contributed by atoms with Gasteiger partial charge in [-0.25, -0.2) is 4.98 Å². The summed E-state index contributed by atoms with van der Waals surface area (Å²) < 4.78 is 6.73. The van der Waals surface area contributed by atoms with Gasteiger partial charge in [0.15, 0.2) is 0 Å². The molecule has 0 atom stereocenters. The number of nitro groups is 1. The second-order valence-electron chi connectivity index (χ2n) is 4.61. The van der Waals surface area contributed by atoms with Gasteiger partial charge in [0.05, 0.1) is 9.40 Å². The Balaban J connectivity index is 1.98. The molecular weight excluding hydrogens is 406 g/mol. The van der Waals surface area contributed by atoms with E-state index in [1.54, 1.807) is 18.2 Å². The first-order chi connectivity index (χ1) is 10.0. The van der Waals surface area contributed by atoms with E-state index in [9.17, 15) is 10.1 Å². The van der Waals surface area contributed by atoms with Crippen LogP contribution in [0, 0.1) is 10.1 Å². The maximum Gasteiger partial charge on any atom is 0.312 e. The fraction of sp³-hybridized carbons (Fsp3) is 0.231. The molecule has 0 saturated heterocycles. The maximum atomic E-state index is 11.1. The second kappa shape index (κ2) is 5.69. The van der Waals surface area contributed by atoms with Crippen LogP contribution < -0.4 is 4.74 Å². The molecule has 0 amide bonds. The molecule has 21 heavy (non-hydrogen) atoms. The summed E-state index contributed by atoms with van der Waals surface area (Å²) in [6.45, 7) is 0. The number of benzene rings is 1. The molecule has 1 aliphatic rings. The van der Waals surface area contributed by atoms with E-state index in [0.717, 1.165) is 12.8 Å². The minimum atomic E-state index is -0.488. The summed E-state index contributed by atoms with van der Waals surface area (Å²) in [6.07, 6.45) is 2.12. The van der Waals surface area contributed by atoms with Crippen LogP contribution in [-0.4, -0.2) is 14.9 Å². The Morgan fingerprint density at radius 3 is 2.71 bits per heavy atom. The van der Waals surface area contributed by atoms with Gasteiger partial charge in [-0.1, -0.05) is 6.07 Å². The van der Waals surface area contributed by atoms with Crippen molar-refractivity contribution in [2.45, 2.75) is 18.8 Å². The van der Waals surface area contributed by atoms with Crippen LogP contribution in [0.15, 0.2) is 33.3 Å². The van der Waals surface area contributed by atoms with E-state index in [2.05, 4.69) is 41.8 Å². The van der Waals surface area contributed by atoms with Crippen molar-refractivity contribution in [1.29, 1.82) is 0 Å². The molecule has 0 bridgehead atoms. The third-order valence-corrected chi connectivity index (χ3v) is 4.01. The molecule has 1 heterocycles. The second-order valence-corrected chi connectivity index (χ2v) is 6.28. The fourth-order valence-electron chi connectivity index (χ4n) is 1.84. The molecule has 1 aromatic heterocycles. The highest BCUT2D eigenvalue weighted by molar-refractivity contribution is 9.10. The molecule has 2 aromatic rings. The normalized spacial score (nSPS) is 14.0.